The predicted molar refractivity (Wildman–Crippen MR) is 112 cm³/mol. The number of nitrogens with zero attached hydrogens (tertiary/aromatic N) is 2. The van der Waals surface area contributed by atoms with Crippen molar-refractivity contribution in [2.45, 2.75) is 12.8 Å². The molecule has 0 atom stereocenters. The zero-order valence-electron chi connectivity index (χ0n) is 16.2. The second kappa shape index (κ2) is 9.49. The van der Waals surface area contributed by atoms with Crippen LogP contribution in [0.3, 0.4) is 0 Å². The lowest BCUT2D eigenvalue weighted by atomic mass is 10.0. The van der Waals surface area contributed by atoms with Gasteiger partial charge in [0.2, 0.25) is 0 Å². The highest BCUT2D eigenvalue weighted by molar-refractivity contribution is 5.97. The number of carbonyl (C=O) groups excluding carboxylic acids is 2. The maximum absolute atomic E-state index is 12.7. The first-order valence-corrected chi connectivity index (χ1v) is 9.28. The van der Waals surface area contributed by atoms with Gasteiger partial charge >= 0.3 is 0 Å². The van der Waals surface area contributed by atoms with Crippen LogP contribution in [0.15, 0.2) is 61.1 Å². The molecule has 0 spiro atoms. The van der Waals surface area contributed by atoms with Gasteiger partial charge in [0.1, 0.15) is 12.0 Å². The number of hydrogen-bond donors (Lipinski definition) is 2. The molecular weight excluding hydrogens is 364 g/mol. The molecule has 146 valence electrons. The average Bonchev–Trinajstić information content (AvgIpc) is 3.24. The van der Waals surface area contributed by atoms with Crippen molar-refractivity contribution in [2.24, 2.45) is 5.73 Å². The minimum absolute atomic E-state index is 0.0151. The van der Waals surface area contributed by atoms with Gasteiger partial charge in [-0.3, -0.25) is 9.59 Å². The molecule has 0 fully saturated rings. The molecule has 0 saturated heterocycles. The fraction of sp³-hybridized carbons (Fsp3) is 0.174. The van der Waals surface area contributed by atoms with Crippen molar-refractivity contribution in [3.05, 3.63) is 83.4 Å². The molecule has 29 heavy (non-hydrogen) atoms. The number of rotatable bonds is 6. The van der Waals surface area contributed by atoms with Gasteiger partial charge in [-0.05, 0) is 29.8 Å². The van der Waals surface area contributed by atoms with Gasteiger partial charge < -0.3 is 15.6 Å². The van der Waals surface area contributed by atoms with E-state index in [1.54, 1.807) is 36.3 Å². The molecule has 0 aliphatic heterocycles. The van der Waals surface area contributed by atoms with E-state index in [0.717, 1.165) is 16.8 Å². The average molecular weight is 386 g/mol. The lowest BCUT2D eigenvalue weighted by molar-refractivity contribution is 0.0957. The summed E-state index contributed by atoms with van der Waals surface area (Å²) in [5.41, 5.74) is 8.93. The molecule has 0 saturated carbocycles. The molecule has 2 aromatic carbocycles. The summed E-state index contributed by atoms with van der Waals surface area (Å²) in [6, 6.07) is 14.9. The van der Waals surface area contributed by atoms with Gasteiger partial charge in [-0.15, -0.1) is 0 Å². The number of nitrogens with two attached hydrogens (primary N) is 1. The summed E-state index contributed by atoms with van der Waals surface area (Å²) in [6.07, 6.45) is 4.13. The van der Waals surface area contributed by atoms with Gasteiger partial charge in [0.15, 0.2) is 5.78 Å². The van der Waals surface area contributed by atoms with E-state index in [1.807, 2.05) is 36.4 Å². The number of aromatic nitrogens is 2. The Labute approximate surface area is 169 Å². The third-order valence-electron chi connectivity index (χ3n) is 4.30. The highest BCUT2D eigenvalue weighted by Gasteiger charge is 2.10. The second-order valence-corrected chi connectivity index (χ2v) is 6.44. The summed E-state index contributed by atoms with van der Waals surface area (Å²) >= 11 is 0. The second-order valence-electron chi connectivity index (χ2n) is 6.44. The molecule has 1 amide bonds. The monoisotopic (exact) mass is 386 g/mol. The number of amides is 1. The molecule has 0 radical (unpaired) electrons. The summed E-state index contributed by atoms with van der Waals surface area (Å²) < 4.78 is 1.76. The van der Waals surface area contributed by atoms with E-state index in [2.05, 4.69) is 22.1 Å². The Kier molecular flexibility index (Phi) is 6.56. The first kappa shape index (κ1) is 20.1. The number of imidazole rings is 1. The standard InChI is InChI=1S/C23H22N4O2/c1-25-23(29)21-15-27(16-26-21)20-10-5-8-18(13-20)14-22(28)19-9-4-7-17(12-19)6-2-3-11-24/h4-5,7-10,12-13,15-16H,3,11,14,24H2,1H3,(H,25,29). The molecule has 3 rings (SSSR count). The van der Waals surface area contributed by atoms with Crippen LogP contribution in [-0.2, 0) is 6.42 Å². The number of carbonyl (C=O) groups is 2. The van der Waals surface area contributed by atoms with E-state index in [9.17, 15) is 9.59 Å². The first-order chi connectivity index (χ1) is 14.1. The van der Waals surface area contributed by atoms with Crippen molar-refractivity contribution in [1.82, 2.24) is 14.9 Å². The summed E-state index contributed by atoms with van der Waals surface area (Å²) in [6.45, 7) is 0.517. The highest BCUT2D eigenvalue weighted by Crippen LogP contribution is 2.15. The third kappa shape index (κ3) is 5.18. The fourth-order valence-corrected chi connectivity index (χ4v) is 2.83. The van der Waals surface area contributed by atoms with E-state index in [0.29, 0.717) is 24.2 Å². The molecule has 0 unspecified atom stereocenters. The SMILES string of the molecule is CNC(=O)c1cn(-c2cccc(CC(=O)c3cccc(C#CCCN)c3)c2)cn1. The number of nitrogens with one attached hydrogen (secondary N) is 1. The highest BCUT2D eigenvalue weighted by atomic mass is 16.1. The minimum atomic E-state index is -0.246. The first-order valence-electron chi connectivity index (χ1n) is 9.28. The molecule has 0 aliphatic carbocycles. The Balaban J connectivity index is 1.76. The van der Waals surface area contributed by atoms with Crippen LogP contribution in [0, 0.1) is 11.8 Å². The van der Waals surface area contributed by atoms with Crippen LogP contribution in [0.5, 0.6) is 0 Å². The molecule has 1 aromatic heterocycles. The van der Waals surface area contributed by atoms with Crippen LogP contribution in [0.1, 0.15) is 38.4 Å². The predicted octanol–water partition coefficient (Wildman–Crippen LogP) is 2.36. The van der Waals surface area contributed by atoms with Crippen molar-refractivity contribution in [3.8, 4) is 17.5 Å². The largest absolute Gasteiger partial charge is 0.354 e. The Morgan fingerprint density at radius 1 is 1.17 bits per heavy atom. The molecule has 0 bridgehead atoms. The Hall–Kier alpha value is -3.69. The molecule has 3 aromatic rings. The fourth-order valence-electron chi connectivity index (χ4n) is 2.83. The zero-order valence-corrected chi connectivity index (χ0v) is 16.2. The van der Waals surface area contributed by atoms with Crippen LogP contribution < -0.4 is 11.1 Å². The minimum Gasteiger partial charge on any atom is -0.354 e. The van der Waals surface area contributed by atoms with Crippen LogP contribution in [0.4, 0.5) is 0 Å². The van der Waals surface area contributed by atoms with Gasteiger partial charge in [0, 0.05) is 49.4 Å². The Bertz CT molecular complexity index is 1090. The maximum Gasteiger partial charge on any atom is 0.271 e. The van der Waals surface area contributed by atoms with Gasteiger partial charge in [-0.2, -0.15) is 0 Å². The van der Waals surface area contributed by atoms with Crippen molar-refractivity contribution in [3.63, 3.8) is 0 Å². The molecule has 6 nitrogen and oxygen atoms in total. The summed E-state index contributed by atoms with van der Waals surface area (Å²) in [7, 11) is 1.56. The topological polar surface area (TPSA) is 90.0 Å². The number of Topliss-reactive ketones (excluding diaryl/α,β-unsaturated/α-hetero) is 1. The smallest absolute Gasteiger partial charge is 0.271 e. The lowest BCUT2D eigenvalue weighted by Crippen LogP contribution is -2.17. The van der Waals surface area contributed by atoms with E-state index in [1.165, 1.54) is 0 Å². The zero-order chi connectivity index (χ0) is 20.6. The molecule has 6 heteroatoms. The van der Waals surface area contributed by atoms with Gasteiger partial charge in [-0.1, -0.05) is 36.1 Å². The number of hydrogen-bond acceptors (Lipinski definition) is 4. The number of ketones is 1. The van der Waals surface area contributed by atoms with Gasteiger partial charge in [0.25, 0.3) is 5.91 Å². The van der Waals surface area contributed by atoms with Crippen LogP contribution in [-0.4, -0.2) is 34.8 Å². The molecule has 3 N–H and O–H groups in total. The van der Waals surface area contributed by atoms with Gasteiger partial charge in [-0.25, -0.2) is 4.98 Å². The maximum atomic E-state index is 12.7. The van der Waals surface area contributed by atoms with Crippen LogP contribution in [0.25, 0.3) is 5.69 Å². The van der Waals surface area contributed by atoms with Crippen molar-refractivity contribution in [2.75, 3.05) is 13.6 Å². The molecular formula is C23H22N4O2. The molecule has 1 heterocycles. The van der Waals surface area contributed by atoms with Crippen LogP contribution in [0.2, 0.25) is 0 Å². The van der Waals surface area contributed by atoms with E-state index >= 15 is 0 Å². The van der Waals surface area contributed by atoms with Crippen LogP contribution >= 0.6 is 0 Å². The number of benzene rings is 2. The normalized spacial score (nSPS) is 10.1. The molecule has 0 aliphatic rings. The summed E-state index contributed by atoms with van der Waals surface area (Å²) in [4.78, 5) is 28.5. The van der Waals surface area contributed by atoms with E-state index in [-0.39, 0.29) is 18.1 Å². The Morgan fingerprint density at radius 2 is 2.00 bits per heavy atom. The lowest BCUT2D eigenvalue weighted by Gasteiger charge is -2.06. The summed E-state index contributed by atoms with van der Waals surface area (Å²) in [5.74, 6) is 5.78. The van der Waals surface area contributed by atoms with Gasteiger partial charge in [0.05, 0.1) is 0 Å². The third-order valence-corrected chi connectivity index (χ3v) is 4.30. The quantitative estimate of drug-likeness (QED) is 0.503. The van der Waals surface area contributed by atoms with Crippen molar-refractivity contribution in [1.29, 1.82) is 0 Å². The van der Waals surface area contributed by atoms with Crippen molar-refractivity contribution < 1.29 is 9.59 Å². The summed E-state index contributed by atoms with van der Waals surface area (Å²) in [5, 5.41) is 2.55. The van der Waals surface area contributed by atoms with Crippen molar-refractivity contribution >= 4 is 11.7 Å². The van der Waals surface area contributed by atoms with E-state index < -0.39 is 0 Å². The van der Waals surface area contributed by atoms with E-state index in [4.69, 9.17) is 5.73 Å². The Morgan fingerprint density at radius 3 is 2.79 bits per heavy atom.